The third-order valence-electron chi connectivity index (χ3n) is 3.18. The fourth-order valence-corrected chi connectivity index (χ4v) is 2.11. The number of nitrogen functional groups attached to an aromatic ring is 1. The van der Waals surface area contributed by atoms with Gasteiger partial charge in [0.25, 0.3) is 0 Å². The number of halogens is 2. The van der Waals surface area contributed by atoms with Gasteiger partial charge in [-0.05, 0) is 29.8 Å². The summed E-state index contributed by atoms with van der Waals surface area (Å²) in [5, 5.41) is 4.37. The van der Waals surface area contributed by atoms with Crippen molar-refractivity contribution in [2.75, 3.05) is 5.73 Å². The van der Waals surface area contributed by atoms with Crippen LogP contribution in [0.3, 0.4) is 0 Å². The van der Waals surface area contributed by atoms with E-state index >= 15 is 0 Å². The summed E-state index contributed by atoms with van der Waals surface area (Å²) >= 11 is 0. The molecule has 0 spiro atoms. The highest BCUT2D eigenvalue weighted by Gasteiger charge is 2.08. The van der Waals surface area contributed by atoms with Gasteiger partial charge < -0.3 is 5.73 Å². The topological polar surface area (TPSA) is 43.8 Å². The van der Waals surface area contributed by atoms with Crippen LogP contribution >= 0.6 is 0 Å². The quantitative estimate of drug-likeness (QED) is 0.801. The maximum atomic E-state index is 13.2. The van der Waals surface area contributed by atoms with Crippen molar-refractivity contribution in [1.29, 1.82) is 0 Å². The third-order valence-corrected chi connectivity index (χ3v) is 3.18. The lowest BCUT2D eigenvalue weighted by molar-refractivity contribution is 0.625. The van der Waals surface area contributed by atoms with Crippen molar-refractivity contribution in [2.45, 2.75) is 6.54 Å². The summed E-state index contributed by atoms with van der Waals surface area (Å²) in [6, 6.07) is 14.0. The SMILES string of the molecule is Nc1cc(-c2cccc(F)c2)nn1Cc1ccc(F)cc1. The first kappa shape index (κ1) is 13.3. The molecule has 3 aromatic rings. The number of hydrogen-bond acceptors (Lipinski definition) is 2. The minimum absolute atomic E-state index is 0.285. The molecule has 2 aromatic carbocycles. The molecule has 0 amide bonds. The highest BCUT2D eigenvalue weighted by Crippen LogP contribution is 2.21. The van der Waals surface area contributed by atoms with E-state index < -0.39 is 0 Å². The number of hydrogen-bond donors (Lipinski definition) is 1. The molecule has 3 nitrogen and oxygen atoms in total. The zero-order chi connectivity index (χ0) is 14.8. The summed E-state index contributed by atoms with van der Waals surface area (Å²) in [6.45, 7) is 0.432. The molecule has 1 aromatic heterocycles. The Balaban J connectivity index is 1.89. The number of aromatic nitrogens is 2. The van der Waals surface area contributed by atoms with Crippen molar-refractivity contribution >= 4 is 5.82 Å². The summed E-state index contributed by atoms with van der Waals surface area (Å²) < 4.78 is 27.7. The van der Waals surface area contributed by atoms with Gasteiger partial charge >= 0.3 is 0 Å². The fourth-order valence-electron chi connectivity index (χ4n) is 2.11. The molecule has 0 saturated heterocycles. The van der Waals surface area contributed by atoms with Crippen molar-refractivity contribution in [2.24, 2.45) is 0 Å². The average Bonchev–Trinajstić information content (AvgIpc) is 2.83. The Morgan fingerprint density at radius 3 is 2.43 bits per heavy atom. The van der Waals surface area contributed by atoms with E-state index in [9.17, 15) is 8.78 Å². The Kier molecular flexibility index (Phi) is 3.39. The molecule has 0 aliphatic rings. The molecule has 3 rings (SSSR count). The van der Waals surface area contributed by atoms with E-state index in [-0.39, 0.29) is 11.6 Å². The van der Waals surface area contributed by atoms with Crippen molar-refractivity contribution in [3.05, 3.63) is 71.8 Å². The number of rotatable bonds is 3. The molecule has 0 bridgehead atoms. The molecule has 5 heteroatoms. The van der Waals surface area contributed by atoms with Gasteiger partial charge in [-0.3, -0.25) is 0 Å². The molecular formula is C16H13F2N3. The smallest absolute Gasteiger partial charge is 0.123 e. The maximum Gasteiger partial charge on any atom is 0.123 e. The van der Waals surface area contributed by atoms with Crippen LogP contribution in [0.1, 0.15) is 5.56 Å². The lowest BCUT2D eigenvalue weighted by Crippen LogP contribution is -2.05. The molecular weight excluding hydrogens is 272 g/mol. The highest BCUT2D eigenvalue weighted by atomic mass is 19.1. The number of nitrogens with two attached hydrogens (primary N) is 1. The molecule has 1 heterocycles. The third kappa shape index (κ3) is 2.91. The van der Waals surface area contributed by atoms with E-state index in [0.717, 1.165) is 5.56 Å². The van der Waals surface area contributed by atoms with Crippen LogP contribution in [0.2, 0.25) is 0 Å². The van der Waals surface area contributed by atoms with Gasteiger partial charge in [0.2, 0.25) is 0 Å². The number of anilines is 1. The van der Waals surface area contributed by atoms with Gasteiger partial charge in [-0.2, -0.15) is 5.10 Å². The predicted molar refractivity (Wildman–Crippen MR) is 77.5 cm³/mol. The fraction of sp³-hybridized carbons (Fsp3) is 0.0625. The zero-order valence-corrected chi connectivity index (χ0v) is 11.1. The molecule has 0 saturated carbocycles. The minimum atomic E-state index is -0.320. The molecule has 0 radical (unpaired) electrons. The molecule has 0 atom stereocenters. The van der Waals surface area contributed by atoms with Crippen LogP contribution in [-0.2, 0) is 6.54 Å². The Hall–Kier alpha value is -2.69. The normalized spacial score (nSPS) is 10.8. The average molecular weight is 285 g/mol. The molecule has 0 aliphatic carbocycles. The zero-order valence-electron chi connectivity index (χ0n) is 11.1. The van der Waals surface area contributed by atoms with Gasteiger partial charge in [-0.1, -0.05) is 24.3 Å². The Labute approximate surface area is 120 Å². The predicted octanol–water partition coefficient (Wildman–Crippen LogP) is 3.46. The van der Waals surface area contributed by atoms with Gasteiger partial charge in [0.05, 0.1) is 12.2 Å². The van der Waals surface area contributed by atoms with Gasteiger partial charge in [-0.25, -0.2) is 13.5 Å². The van der Waals surface area contributed by atoms with Crippen LogP contribution in [0.15, 0.2) is 54.6 Å². The highest BCUT2D eigenvalue weighted by molar-refractivity contribution is 5.62. The van der Waals surface area contributed by atoms with Gasteiger partial charge in [0.15, 0.2) is 0 Å². The van der Waals surface area contributed by atoms with E-state index in [0.29, 0.717) is 23.6 Å². The molecule has 21 heavy (non-hydrogen) atoms. The Morgan fingerprint density at radius 2 is 1.71 bits per heavy atom. The van der Waals surface area contributed by atoms with E-state index in [1.54, 1.807) is 35.0 Å². The molecule has 0 unspecified atom stereocenters. The van der Waals surface area contributed by atoms with Crippen LogP contribution in [0.25, 0.3) is 11.3 Å². The lowest BCUT2D eigenvalue weighted by Gasteiger charge is -2.04. The summed E-state index contributed by atoms with van der Waals surface area (Å²) in [4.78, 5) is 0. The van der Waals surface area contributed by atoms with Gasteiger partial charge in [0, 0.05) is 11.6 Å². The van der Waals surface area contributed by atoms with E-state index in [1.807, 2.05) is 0 Å². The van der Waals surface area contributed by atoms with E-state index in [1.165, 1.54) is 24.3 Å². The monoisotopic (exact) mass is 285 g/mol. The Morgan fingerprint density at radius 1 is 0.952 bits per heavy atom. The van der Waals surface area contributed by atoms with Crippen LogP contribution in [-0.4, -0.2) is 9.78 Å². The molecule has 106 valence electrons. The second-order valence-corrected chi connectivity index (χ2v) is 4.75. The number of benzene rings is 2. The van der Waals surface area contributed by atoms with Crippen molar-refractivity contribution in [3.63, 3.8) is 0 Å². The summed E-state index contributed by atoms with van der Waals surface area (Å²) in [5.74, 6) is -0.134. The van der Waals surface area contributed by atoms with Crippen molar-refractivity contribution < 1.29 is 8.78 Å². The lowest BCUT2D eigenvalue weighted by atomic mass is 10.1. The minimum Gasteiger partial charge on any atom is -0.384 e. The Bertz CT molecular complexity index is 763. The van der Waals surface area contributed by atoms with Crippen LogP contribution in [0.5, 0.6) is 0 Å². The van der Waals surface area contributed by atoms with E-state index in [2.05, 4.69) is 5.10 Å². The van der Waals surface area contributed by atoms with Crippen LogP contribution in [0, 0.1) is 11.6 Å². The maximum absolute atomic E-state index is 13.2. The summed E-state index contributed by atoms with van der Waals surface area (Å²) in [6.07, 6.45) is 0. The largest absolute Gasteiger partial charge is 0.384 e. The molecule has 0 aliphatic heterocycles. The molecule has 0 fully saturated rings. The number of nitrogens with zero attached hydrogens (tertiary/aromatic N) is 2. The van der Waals surface area contributed by atoms with Crippen LogP contribution in [0.4, 0.5) is 14.6 Å². The standard InChI is InChI=1S/C16H13F2N3/c17-13-6-4-11(5-7-13)10-21-16(19)9-15(20-21)12-2-1-3-14(18)8-12/h1-9H,10,19H2. The van der Waals surface area contributed by atoms with Crippen LogP contribution < -0.4 is 5.73 Å². The van der Waals surface area contributed by atoms with Crippen molar-refractivity contribution in [1.82, 2.24) is 9.78 Å². The van der Waals surface area contributed by atoms with Crippen molar-refractivity contribution in [3.8, 4) is 11.3 Å². The first-order valence-electron chi connectivity index (χ1n) is 6.45. The summed E-state index contributed by atoms with van der Waals surface area (Å²) in [5.41, 5.74) is 8.09. The summed E-state index contributed by atoms with van der Waals surface area (Å²) in [7, 11) is 0. The van der Waals surface area contributed by atoms with Gasteiger partial charge in [0.1, 0.15) is 17.5 Å². The van der Waals surface area contributed by atoms with E-state index in [4.69, 9.17) is 5.73 Å². The first-order valence-corrected chi connectivity index (χ1v) is 6.45. The van der Waals surface area contributed by atoms with Gasteiger partial charge in [-0.15, -0.1) is 0 Å². The first-order chi connectivity index (χ1) is 10.1. The molecule has 2 N–H and O–H groups in total. The second kappa shape index (κ2) is 5.36. The second-order valence-electron chi connectivity index (χ2n) is 4.75.